The summed E-state index contributed by atoms with van der Waals surface area (Å²) < 4.78 is 39.1. The number of nitrogens with one attached hydrogen (secondary N) is 1. The van der Waals surface area contributed by atoms with Crippen LogP contribution in [0.2, 0.25) is 5.02 Å². The van der Waals surface area contributed by atoms with Gasteiger partial charge in [-0.2, -0.15) is 18.4 Å². The molecule has 1 N–H and O–H groups in total. The number of benzene rings is 3. The zero-order valence-electron chi connectivity index (χ0n) is 15.7. The fourth-order valence-electron chi connectivity index (χ4n) is 3.01. The molecule has 0 saturated heterocycles. The molecule has 3 nitrogen and oxygen atoms in total. The van der Waals surface area contributed by atoms with E-state index in [1.807, 2.05) is 53.9 Å². The summed E-state index contributed by atoms with van der Waals surface area (Å²) in [6, 6.07) is 19.5. The van der Waals surface area contributed by atoms with E-state index in [9.17, 15) is 18.4 Å². The smallest absolute Gasteiger partial charge is 0.360 e. The highest BCUT2D eigenvalue weighted by molar-refractivity contribution is 7.11. The van der Waals surface area contributed by atoms with E-state index in [0.29, 0.717) is 5.01 Å². The van der Waals surface area contributed by atoms with Crippen LogP contribution in [0.3, 0.4) is 0 Å². The Morgan fingerprint density at radius 2 is 1.84 bits per heavy atom. The number of aromatic nitrogens is 1. The summed E-state index contributed by atoms with van der Waals surface area (Å²) in [5.74, 6) is 0. The average Bonchev–Trinajstić information content (AvgIpc) is 3.24. The molecule has 154 valence electrons. The Hall–Kier alpha value is -3.34. The minimum atomic E-state index is -4.57. The Morgan fingerprint density at radius 3 is 2.58 bits per heavy atom. The Kier molecular flexibility index (Phi) is 5.68. The van der Waals surface area contributed by atoms with Gasteiger partial charge in [0.1, 0.15) is 16.6 Å². The number of hydrogen-bond acceptors (Lipinski definition) is 4. The van der Waals surface area contributed by atoms with Crippen molar-refractivity contribution in [3.63, 3.8) is 0 Å². The zero-order valence-corrected chi connectivity index (χ0v) is 17.3. The van der Waals surface area contributed by atoms with Crippen LogP contribution < -0.4 is 5.32 Å². The molecule has 3 aromatic carbocycles. The number of nitrogens with zero attached hydrogens (tertiary/aromatic N) is 2. The molecule has 0 unspecified atom stereocenters. The number of alkyl halides is 3. The van der Waals surface area contributed by atoms with Crippen molar-refractivity contribution in [3.8, 4) is 17.3 Å². The molecule has 0 atom stereocenters. The summed E-state index contributed by atoms with van der Waals surface area (Å²) in [6.45, 7) is 0. The van der Waals surface area contributed by atoms with E-state index in [4.69, 9.17) is 11.6 Å². The molecule has 31 heavy (non-hydrogen) atoms. The predicted octanol–water partition coefficient (Wildman–Crippen LogP) is 7.61. The van der Waals surface area contributed by atoms with Crippen LogP contribution in [-0.2, 0) is 6.18 Å². The van der Waals surface area contributed by atoms with Crippen LogP contribution in [-0.4, -0.2) is 4.98 Å². The number of hydrogen-bond donors (Lipinski definition) is 1. The minimum absolute atomic E-state index is 0.163. The van der Waals surface area contributed by atoms with E-state index in [0.717, 1.165) is 34.2 Å². The van der Waals surface area contributed by atoms with Gasteiger partial charge in [-0.25, -0.2) is 4.98 Å². The van der Waals surface area contributed by atoms with Crippen molar-refractivity contribution < 1.29 is 13.2 Å². The normalized spacial score (nSPS) is 12.0. The summed E-state index contributed by atoms with van der Waals surface area (Å²) in [7, 11) is 0. The quantitative estimate of drug-likeness (QED) is 0.322. The molecule has 4 rings (SSSR count). The third-order valence-electron chi connectivity index (χ3n) is 4.56. The Balaban J connectivity index is 1.59. The van der Waals surface area contributed by atoms with Gasteiger partial charge < -0.3 is 5.32 Å². The lowest BCUT2D eigenvalue weighted by Crippen LogP contribution is -2.06. The number of allylic oxidation sites excluding steroid dienone is 1. The topological polar surface area (TPSA) is 48.7 Å². The third-order valence-corrected chi connectivity index (χ3v) is 5.76. The predicted molar refractivity (Wildman–Crippen MR) is 119 cm³/mol. The van der Waals surface area contributed by atoms with Gasteiger partial charge in [-0.15, -0.1) is 11.3 Å². The maximum absolute atomic E-state index is 13.0. The first-order valence-corrected chi connectivity index (χ1v) is 10.3. The van der Waals surface area contributed by atoms with Gasteiger partial charge in [0.2, 0.25) is 0 Å². The van der Waals surface area contributed by atoms with Gasteiger partial charge in [-0.1, -0.05) is 48.0 Å². The molecule has 0 aliphatic rings. The van der Waals surface area contributed by atoms with Crippen LogP contribution in [0.1, 0.15) is 10.6 Å². The largest absolute Gasteiger partial charge is 0.417 e. The van der Waals surface area contributed by atoms with Gasteiger partial charge in [-0.3, -0.25) is 0 Å². The number of nitriles is 1. The highest BCUT2D eigenvalue weighted by Crippen LogP contribution is 2.36. The lowest BCUT2D eigenvalue weighted by Gasteiger charge is -2.10. The van der Waals surface area contributed by atoms with E-state index >= 15 is 0 Å². The van der Waals surface area contributed by atoms with Crippen molar-refractivity contribution in [2.75, 3.05) is 5.32 Å². The zero-order chi connectivity index (χ0) is 22.0. The fraction of sp³-hybridized carbons (Fsp3) is 0.0435. The van der Waals surface area contributed by atoms with E-state index in [1.165, 1.54) is 23.6 Å². The van der Waals surface area contributed by atoms with E-state index < -0.39 is 11.7 Å². The first-order chi connectivity index (χ1) is 14.8. The molecule has 0 amide bonds. The van der Waals surface area contributed by atoms with Gasteiger partial charge in [-0.05, 0) is 35.0 Å². The van der Waals surface area contributed by atoms with E-state index in [-0.39, 0.29) is 16.3 Å². The Bertz CT molecular complexity index is 1340. The molecular weight excluding hydrogens is 443 g/mol. The molecule has 0 saturated carbocycles. The van der Waals surface area contributed by atoms with Crippen molar-refractivity contribution in [2.45, 2.75) is 6.18 Å². The van der Waals surface area contributed by atoms with Crippen molar-refractivity contribution in [1.29, 1.82) is 5.26 Å². The van der Waals surface area contributed by atoms with Crippen LogP contribution in [0, 0.1) is 11.3 Å². The minimum Gasteiger partial charge on any atom is -0.360 e. The second kappa shape index (κ2) is 8.42. The first kappa shape index (κ1) is 20.9. The summed E-state index contributed by atoms with van der Waals surface area (Å²) in [5, 5.41) is 16.4. The van der Waals surface area contributed by atoms with Gasteiger partial charge >= 0.3 is 6.18 Å². The van der Waals surface area contributed by atoms with Crippen LogP contribution in [0.25, 0.3) is 27.6 Å². The van der Waals surface area contributed by atoms with Crippen molar-refractivity contribution >= 4 is 45.0 Å². The molecule has 1 heterocycles. The summed E-state index contributed by atoms with van der Waals surface area (Å²) >= 11 is 6.92. The van der Waals surface area contributed by atoms with Crippen LogP contribution in [0.5, 0.6) is 0 Å². The van der Waals surface area contributed by atoms with Gasteiger partial charge in [0, 0.05) is 22.8 Å². The average molecular weight is 456 g/mol. The third kappa shape index (κ3) is 4.55. The molecule has 0 aliphatic carbocycles. The number of rotatable bonds is 4. The molecule has 0 bridgehead atoms. The number of halogens is 4. The molecule has 0 fully saturated rings. The number of fused-ring (bicyclic) bond motifs is 1. The molecule has 4 aromatic rings. The number of thiazole rings is 1. The van der Waals surface area contributed by atoms with Crippen LogP contribution in [0.15, 0.2) is 72.2 Å². The Morgan fingerprint density at radius 1 is 1.06 bits per heavy atom. The summed E-state index contributed by atoms with van der Waals surface area (Å²) in [5.41, 5.74) is 1.06. The standard InChI is InChI=1S/C23H13ClF3N3S/c24-20-8-7-18(10-19(20)23(25,26)27)29-12-17(11-28)22-30-21(13-31-22)16-6-5-14-3-1-2-4-15(14)9-16/h1-10,12-13,29H. The molecule has 0 radical (unpaired) electrons. The highest BCUT2D eigenvalue weighted by Gasteiger charge is 2.33. The van der Waals surface area contributed by atoms with E-state index in [1.54, 1.807) is 0 Å². The van der Waals surface area contributed by atoms with Crippen molar-refractivity contribution in [1.82, 2.24) is 4.98 Å². The van der Waals surface area contributed by atoms with Crippen molar-refractivity contribution in [2.24, 2.45) is 0 Å². The molecule has 8 heteroatoms. The first-order valence-electron chi connectivity index (χ1n) is 9.04. The number of anilines is 1. The van der Waals surface area contributed by atoms with Gasteiger partial charge in [0.15, 0.2) is 0 Å². The maximum atomic E-state index is 13.0. The molecular formula is C23H13ClF3N3S. The fourth-order valence-corrected chi connectivity index (χ4v) is 4.03. The van der Waals surface area contributed by atoms with Gasteiger partial charge in [0.05, 0.1) is 16.3 Å². The molecule has 0 aliphatic heterocycles. The highest BCUT2D eigenvalue weighted by atomic mass is 35.5. The maximum Gasteiger partial charge on any atom is 0.417 e. The summed E-state index contributed by atoms with van der Waals surface area (Å²) in [4.78, 5) is 4.53. The molecule has 1 aromatic heterocycles. The van der Waals surface area contributed by atoms with Gasteiger partial charge in [0.25, 0.3) is 0 Å². The van der Waals surface area contributed by atoms with Crippen LogP contribution in [0.4, 0.5) is 18.9 Å². The second-order valence-electron chi connectivity index (χ2n) is 6.61. The Labute approximate surface area is 185 Å². The van der Waals surface area contributed by atoms with E-state index in [2.05, 4.69) is 10.3 Å². The van der Waals surface area contributed by atoms with Crippen molar-refractivity contribution in [3.05, 3.63) is 87.8 Å². The summed E-state index contributed by atoms with van der Waals surface area (Å²) in [6.07, 6.45) is -3.23. The second-order valence-corrected chi connectivity index (χ2v) is 7.87. The molecule has 0 spiro atoms. The monoisotopic (exact) mass is 455 g/mol. The van der Waals surface area contributed by atoms with Crippen LogP contribution >= 0.6 is 22.9 Å². The lowest BCUT2D eigenvalue weighted by molar-refractivity contribution is -0.137. The lowest BCUT2D eigenvalue weighted by atomic mass is 10.1. The SMILES string of the molecule is N#CC(=CNc1ccc(Cl)c(C(F)(F)F)c1)c1nc(-c2ccc3ccccc3c2)cs1.